The van der Waals surface area contributed by atoms with E-state index in [0.29, 0.717) is 21.5 Å². The molecule has 0 radical (unpaired) electrons. The Labute approximate surface area is 195 Å². The Hall–Kier alpha value is -3.58. The number of Topliss-reactive ketones (excluding diaryl/α,β-unsaturated/α-hetero) is 1. The number of aryl methyl sites for hydroxylation is 3. The molecule has 0 saturated carbocycles. The van der Waals surface area contributed by atoms with Gasteiger partial charge in [-0.15, -0.1) is 11.3 Å². The van der Waals surface area contributed by atoms with Crippen molar-refractivity contribution in [2.75, 3.05) is 5.32 Å². The number of amides is 1. The van der Waals surface area contributed by atoms with Gasteiger partial charge in [-0.3, -0.25) is 19.0 Å². The van der Waals surface area contributed by atoms with E-state index in [0.717, 1.165) is 21.6 Å². The van der Waals surface area contributed by atoms with E-state index >= 15 is 0 Å². The number of carbonyl (C=O) groups excluding carboxylic acids is 2. The fourth-order valence-corrected chi connectivity index (χ4v) is 4.93. The van der Waals surface area contributed by atoms with E-state index in [1.54, 1.807) is 31.2 Å². The Morgan fingerprint density at radius 1 is 1.03 bits per heavy atom. The highest BCUT2D eigenvalue weighted by atomic mass is 32.1. The summed E-state index contributed by atoms with van der Waals surface area (Å²) in [5.41, 5.74) is 5.04. The van der Waals surface area contributed by atoms with Gasteiger partial charge in [0.05, 0.1) is 17.8 Å². The number of nitrogens with zero attached hydrogens (tertiary/aromatic N) is 2. The van der Waals surface area contributed by atoms with Crippen LogP contribution in [0, 0.1) is 20.8 Å². The molecule has 1 atom stereocenters. The molecule has 1 amide bonds. The van der Waals surface area contributed by atoms with Gasteiger partial charge in [-0.25, -0.2) is 4.98 Å². The van der Waals surface area contributed by atoms with Crippen LogP contribution in [0.15, 0.2) is 53.6 Å². The number of fused-ring (bicyclic) bond motifs is 1. The molecule has 2 aromatic heterocycles. The summed E-state index contributed by atoms with van der Waals surface area (Å²) in [5, 5.41) is 3.22. The van der Waals surface area contributed by atoms with E-state index in [1.807, 2.05) is 13.0 Å². The van der Waals surface area contributed by atoms with Crippen LogP contribution in [-0.4, -0.2) is 21.2 Å². The lowest BCUT2D eigenvalue weighted by Gasteiger charge is -2.14. The number of thiophene rings is 1. The first-order chi connectivity index (χ1) is 15.7. The van der Waals surface area contributed by atoms with Gasteiger partial charge in [0.1, 0.15) is 4.83 Å². The van der Waals surface area contributed by atoms with Crippen LogP contribution in [0.4, 0.5) is 5.69 Å². The monoisotopic (exact) mass is 459 g/mol. The number of ketones is 1. The van der Waals surface area contributed by atoms with Crippen LogP contribution in [0.25, 0.3) is 21.3 Å². The van der Waals surface area contributed by atoms with Gasteiger partial charge in [-0.05, 0) is 68.7 Å². The molecule has 1 unspecified atom stereocenters. The van der Waals surface area contributed by atoms with Crippen molar-refractivity contribution >= 4 is 38.9 Å². The second-order valence-corrected chi connectivity index (χ2v) is 9.47. The molecule has 0 aliphatic carbocycles. The second-order valence-electron chi connectivity index (χ2n) is 8.27. The fourth-order valence-electron chi connectivity index (χ4n) is 3.92. The third kappa shape index (κ3) is 4.24. The zero-order valence-corrected chi connectivity index (χ0v) is 20.0. The van der Waals surface area contributed by atoms with Crippen molar-refractivity contribution in [3.8, 4) is 11.1 Å². The summed E-state index contributed by atoms with van der Waals surface area (Å²) in [6, 6.07) is 12.1. The van der Waals surface area contributed by atoms with E-state index in [9.17, 15) is 14.4 Å². The topological polar surface area (TPSA) is 81.1 Å². The Kier molecular flexibility index (Phi) is 5.99. The van der Waals surface area contributed by atoms with Gasteiger partial charge in [0.15, 0.2) is 5.78 Å². The van der Waals surface area contributed by atoms with Crippen LogP contribution in [0.2, 0.25) is 0 Å². The molecule has 6 nitrogen and oxygen atoms in total. The van der Waals surface area contributed by atoms with E-state index in [4.69, 9.17) is 0 Å². The summed E-state index contributed by atoms with van der Waals surface area (Å²) >= 11 is 1.49. The van der Waals surface area contributed by atoms with Crippen LogP contribution in [0.1, 0.15) is 46.3 Å². The molecule has 4 aromatic rings. The molecular weight excluding hydrogens is 434 g/mol. The van der Waals surface area contributed by atoms with Crippen molar-refractivity contribution in [2.45, 2.75) is 40.7 Å². The Morgan fingerprint density at radius 2 is 1.73 bits per heavy atom. The third-order valence-electron chi connectivity index (χ3n) is 5.90. The number of benzene rings is 2. The van der Waals surface area contributed by atoms with E-state index in [2.05, 4.69) is 36.3 Å². The van der Waals surface area contributed by atoms with Crippen molar-refractivity contribution in [3.05, 3.63) is 80.7 Å². The van der Waals surface area contributed by atoms with Crippen LogP contribution >= 0.6 is 11.3 Å². The van der Waals surface area contributed by atoms with Gasteiger partial charge in [0.2, 0.25) is 5.91 Å². The van der Waals surface area contributed by atoms with E-state index < -0.39 is 6.04 Å². The first-order valence-electron chi connectivity index (χ1n) is 10.7. The average Bonchev–Trinajstić information content (AvgIpc) is 3.12. The number of hydrogen-bond donors (Lipinski definition) is 1. The lowest BCUT2D eigenvalue weighted by Crippen LogP contribution is -2.28. The molecule has 4 rings (SSSR count). The molecule has 0 bridgehead atoms. The van der Waals surface area contributed by atoms with Gasteiger partial charge in [0.25, 0.3) is 5.56 Å². The van der Waals surface area contributed by atoms with E-state index in [1.165, 1.54) is 34.7 Å². The molecule has 0 saturated heterocycles. The maximum absolute atomic E-state index is 13.6. The number of nitrogens with one attached hydrogen (secondary N) is 1. The van der Waals surface area contributed by atoms with Crippen LogP contribution in [0.3, 0.4) is 0 Å². The highest BCUT2D eigenvalue weighted by molar-refractivity contribution is 7.19. The van der Waals surface area contributed by atoms with Gasteiger partial charge in [0, 0.05) is 28.6 Å². The minimum absolute atomic E-state index is 0.181. The van der Waals surface area contributed by atoms with Crippen LogP contribution in [-0.2, 0) is 4.79 Å². The zero-order chi connectivity index (χ0) is 23.9. The molecular formula is C26H25N3O3S. The summed E-state index contributed by atoms with van der Waals surface area (Å²) in [6.45, 7) is 9.23. The van der Waals surface area contributed by atoms with Crippen molar-refractivity contribution in [3.63, 3.8) is 0 Å². The lowest BCUT2D eigenvalue weighted by atomic mass is 9.99. The average molecular weight is 460 g/mol. The summed E-state index contributed by atoms with van der Waals surface area (Å²) in [7, 11) is 0. The fraction of sp³-hybridized carbons (Fsp3) is 0.231. The summed E-state index contributed by atoms with van der Waals surface area (Å²) in [6.07, 6.45) is 1.46. The molecule has 0 fully saturated rings. The van der Waals surface area contributed by atoms with Crippen LogP contribution < -0.4 is 10.9 Å². The number of aromatic nitrogens is 2. The Bertz CT molecular complexity index is 1450. The van der Waals surface area contributed by atoms with Gasteiger partial charge in [-0.2, -0.15) is 0 Å². The number of carbonyl (C=O) groups is 2. The first-order valence-corrected chi connectivity index (χ1v) is 11.5. The minimum atomic E-state index is -0.728. The Balaban J connectivity index is 1.76. The second kappa shape index (κ2) is 8.75. The molecule has 168 valence electrons. The lowest BCUT2D eigenvalue weighted by molar-refractivity contribution is -0.114. The molecule has 0 aliphatic heterocycles. The highest BCUT2D eigenvalue weighted by Crippen LogP contribution is 2.36. The summed E-state index contributed by atoms with van der Waals surface area (Å²) < 4.78 is 1.41. The standard InChI is InChI=1S/C26H25N3O3S/c1-14-6-7-20(12-15(14)2)22-17(4)33-25-23(22)26(32)29(13-27-25)16(3)24(31)19-8-10-21(11-9-19)28-18(5)30/h6-13,16H,1-5H3,(H,28,30). The maximum Gasteiger partial charge on any atom is 0.263 e. The zero-order valence-electron chi connectivity index (χ0n) is 19.2. The molecule has 2 heterocycles. The van der Waals surface area contributed by atoms with Crippen molar-refractivity contribution in [2.24, 2.45) is 0 Å². The normalized spacial score (nSPS) is 12.0. The molecule has 0 aliphatic rings. The van der Waals surface area contributed by atoms with Crippen LogP contribution in [0.5, 0.6) is 0 Å². The molecule has 7 heteroatoms. The van der Waals surface area contributed by atoms with Gasteiger partial charge in [-0.1, -0.05) is 18.2 Å². The largest absolute Gasteiger partial charge is 0.326 e. The molecule has 1 N–H and O–H groups in total. The SMILES string of the molecule is CC(=O)Nc1ccc(C(=O)C(C)n2cnc3sc(C)c(-c4ccc(C)c(C)c4)c3c2=O)cc1. The number of hydrogen-bond acceptors (Lipinski definition) is 5. The number of rotatable bonds is 5. The molecule has 0 spiro atoms. The van der Waals surface area contributed by atoms with Gasteiger partial charge >= 0.3 is 0 Å². The quantitative estimate of drug-likeness (QED) is 0.402. The molecule has 33 heavy (non-hydrogen) atoms. The van der Waals surface area contributed by atoms with Crippen molar-refractivity contribution < 1.29 is 9.59 Å². The summed E-state index contributed by atoms with van der Waals surface area (Å²) in [5.74, 6) is -0.383. The first kappa shape index (κ1) is 22.6. The number of anilines is 1. The summed E-state index contributed by atoms with van der Waals surface area (Å²) in [4.78, 5) is 44.1. The predicted molar refractivity (Wildman–Crippen MR) is 133 cm³/mol. The third-order valence-corrected chi connectivity index (χ3v) is 6.91. The smallest absolute Gasteiger partial charge is 0.263 e. The van der Waals surface area contributed by atoms with Gasteiger partial charge < -0.3 is 5.32 Å². The molecule has 2 aromatic carbocycles. The van der Waals surface area contributed by atoms with Crippen molar-refractivity contribution in [1.29, 1.82) is 0 Å². The predicted octanol–water partition coefficient (Wildman–Crippen LogP) is 5.45. The maximum atomic E-state index is 13.6. The highest BCUT2D eigenvalue weighted by Gasteiger charge is 2.23. The minimum Gasteiger partial charge on any atom is -0.326 e. The Morgan fingerprint density at radius 3 is 2.36 bits per heavy atom. The van der Waals surface area contributed by atoms with Crippen molar-refractivity contribution in [1.82, 2.24) is 9.55 Å². The van der Waals surface area contributed by atoms with E-state index in [-0.39, 0.29) is 17.2 Å².